The maximum absolute atomic E-state index is 13.0. The van der Waals surface area contributed by atoms with Crippen molar-refractivity contribution in [3.8, 4) is 0 Å². The highest BCUT2D eigenvalue weighted by Crippen LogP contribution is 2.34. The van der Waals surface area contributed by atoms with Crippen molar-refractivity contribution in [2.45, 2.75) is 26.1 Å². The molecule has 140 valence electrons. The van der Waals surface area contributed by atoms with E-state index in [1.807, 2.05) is 0 Å². The standard InChI is InChI=1S/C16H18F3N5O2/c1-2-23(15(26)7-8-24-11-20-10-21-24)9-14(25)22-13-6-4-3-5-12(13)16(17,18)19/h3-6,10-11H,2,7-9H2,1H3,(H,22,25). The third-order valence-electron chi connectivity index (χ3n) is 3.60. The number of hydrogen-bond acceptors (Lipinski definition) is 4. The number of carbonyl (C=O) groups is 2. The Morgan fingerprint density at radius 2 is 2.00 bits per heavy atom. The van der Waals surface area contributed by atoms with E-state index in [1.165, 1.54) is 40.4 Å². The Hall–Kier alpha value is -2.91. The van der Waals surface area contributed by atoms with E-state index in [9.17, 15) is 22.8 Å². The predicted octanol–water partition coefficient (Wildman–Crippen LogP) is 2.17. The van der Waals surface area contributed by atoms with E-state index in [0.717, 1.165) is 6.07 Å². The van der Waals surface area contributed by atoms with Gasteiger partial charge in [0.05, 0.1) is 24.3 Å². The first-order chi connectivity index (χ1) is 12.3. The Labute approximate surface area is 147 Å². The van der Waals surface area contributed by atoms with Crippen LogP contribution < -0.4 is 5.32 Å². The summed E-state index contributed by atoms with van der Waals surface area (Å²) >= 11 is 0. The molecule has 1 aromatic carbocycles. The number of hydrogen-bond donors (Lipinski definition) is 1. The van der Waals surface area contributed by atoms with Crippen LogP contribution >= 0.6 is 0 Å². The number of carbonyl (C=O) groups excluding carboxylic acids is 2. The van der Waals surface area contributed by atoms with Gasteiger partial charge in [0.2, 0.25) is 11.8 Å². The largest absolute Gasteiger partial charge is 0.418 e. The monoisotopic (exact) mass is 369 g/mol. The number of aromatic nitrogens is 3. The van der Waals surface area contributed by atoms with Gasteiger partial charge in [-0.05, 0) is 19.1 Å². The molecule has 0 unspecified atom stereocenters. The maximum Gasteiger partial charge on any atom is 0.418 e. The zero-order valence-corrected chi connectivity index (χ0v) is 14.0. The van der Waals surface area contributed by atoms with Crippen LogP contribution in [0.15, 0.2) is 36.9 Å². The first kappa shape index (κ1) is 19.4. The normalized spacial score (nSPS) is 11.2. The van der Waals surface area contributed by atoms with E-state index >= 15 is 0 Å². The van der Waals surface area contributed by atoms with Crippen LogP contribution in [-0.2, 0) is 22.3 Å². The summed E-state index contributed by atoms with van der Waals surface area (Å²) in [6.07, 6.45) is -1.68. The molecule has 7 nitrogen and oxygen atoms in total. The minimum Gasteiger partial charge on any atom is -0.334 e. The van der Waals surface area contributed by atoms with E-state index in [0.29, 0.717) is 6.54 Å². The maximum atomic E-state index is 13.0. The number of halogens is 3. The number of benzene rings is 1. The minimum atomic E-state index is -4.58. The van der Waals surface area contributed by atoms with Gasteiger partial charge in [-0.3, -0.25) is 14.3 Å². The average Bonchev–Trinajstić information content (AvgIpc) is 3.10. The molecular weight excluding hydrogens is 351 g/mol. The molecule has 1 heterocycles. The highest BCUT2D eigenvalue weighted by atomic mass is 19.4. The first-order valence-corrected chi connectivity index (χ1v) is 7.87. The Kier molecular flexibility index (Phi) is 6.31. The van der Waals surface area contributed by atoms with Crippen molar-refractivity contribution in [3.63, 3.8) is 0 Å². The molecule has 1 N–H and O–H groups in total. The van der Waals surface area contributed by atoms with Crippen LogP contribution in [0.3, 0.4) is 0 Å². The van der Waals surface area contributed by atoms with Gasteiger partial charge in [-0.15, -0.1) is 0 Å². The molecule has 0 aliphatic carbocycles. The summed E-state index contributed by atoms with van der Waals surface area (Å²) in [6.45, 7) is 1.90. The lowest BCUT2D eigenvalue weighted by Gasteiger charge is -2.21. The minimum absolute atomic E-state index is 0.101. The topological polar surface area (TPSA) is 80.1 Å². The summed E-state index contributed by atoms with van der Waals surface area (Å²) in [5, 5.41) is 6.10. The highest BCUT2D eigenvalue weighted by Gasteiger charge is 2.33. The van der Waals surface area contributed by atoms with E-state index in [-0.39, 0.29) is 31.1 Å². The van der Waals surface area contributed by atoms with E-state index in [4.69, 9.17) is 0 Å². The fourth-order valence-electron chi connectivity index (χ4n) is 2.30. The summed E-state index contributed by atoms with van der Waals surface area (Å²) in [6, 6.07) is 4.69. The number of amides is 2. The molecule has 2 amide bonds. The molecule has 0 bridgehead atoms. The van der Waals surface area contributed by atoms with Gasteiger partial charge < -0.3 is 10.2 Å². The smallest absolute Gasteiger partial charge is 0.334 e. The molecule has 0 aliphatic heterocycles. The summed E-state index contributed by atoms with van der Waals surface area (Å²) < 4.78 is 40.4. The Bertz CT molecular complexity index is 747. The van der Waals surface area contributed by atoms with Crippen LogP contribution in [0.4, 0.5) is 18.9 Å². The second-order valence-electron chi connectivity index (χ2n) is 5.41. The third-order valence-corrected chi connectivity index (χ3v) is 3.60. The van der Waals surface area contributed by atoms with E-state index in [1.54, 1.807) is 6.92 Å². The van der Waals surface area contributed by atoms with Crippen LogP contribution in [0.2, 0.25) is 0 Å². The lowest BCUT2D eigenvalue weighted by molar-refractivity contribution is -0.137. The van der Waals surface area contributed by atoms with Crippen LogP contribution in [-0.4, -0.2) is 44.6 Å². The Morgan fingerprint density at radius 3 is 2.62 bits per heavy atom. The van der Waals surface area contributed by atoms with E-state index in [2.05, 4.69) is 15.4 Å². The van der Waals surface area contributed by atoms with Gasteiger partial charge in [-0.1, -0.05) is 12.1 Å². The molecule has 26 heavy (non-hydrogen) atoms. The number of anilines is 1. The number of aryl methyl sites for hydroxylation is 1. The summed E-state index contributed by atoms with van der Waals surface area (Å²) in [5.41, 5.74) is -1.27. The van der Waals surface area contributed by atoms with Gasteiger partial charge in [-0.25, -0.2) is 4.98 Å². The molecule has 0 radical (unpaired) electrons. The molecule has 1 aromatic heterocycles. The Morgan fingerprint density at radius 1 is 1.27 bits per heavy atom. The number of rotatable bonds is 7. The van der Waals surface area contributed by atoms with Crippen molar-refractivity contribution < 1.29 is 22.8 Å². The van der Waals surface area contributed by atoms with Crippen molar-refractivity contribution >= 4 is 17.5 Å². The van der Waals surface area contributed by atoms with Crippen LogP contribution in [0.25, 0.3) is 0 Å². The lowest BCUT2D eigenvalue weighted by Crippen LogP contribution is -2.38. The van der Waals surface area contributed by atoms with Crippen LogP contribution in [0.1, 0.15) is 18.9 Å². The van der Waals surface area contributed by atoms with Crippen LogP contribution in [0, 0.1) is 0 Å². The van der Waals surface area contributed by atoms with Crippen molar-refractivity contribution in [1.82, 2.24) is 19.7 Å². The van der Waals surface area contributed by atoms with E-state index < -0.39 is 17.6 Å². The van der Waals surface area contributed by atoms with Crippen LogP contribution in [0.5, 0.6) is 0 Å². The molecule has 0 saturated carbocycles. The van der Waals surface area contributed by atoms with Crippen molar-refractivity contribution in [2.75, 3.05) is 18.4 Å². The number of nitrogens with one attached hydrogen (secondary N) is 1. The molecule has 0 fully saturated rings. The second-order valence-corrected chi connectivity index (χ2v) is 5.41. The molecule has 2 aromatic rings. The number of alkyl halides is 3. The average molecular weight is 369 g/mol. The number of likely N-dealkylation sites (N-methyl/N-ethyl adjacent to an activating group) is 1. The molecular formula is C16H18F3N5O2. The third kappa shape index (κ3) is 5.30. The molecule has 0 spiro atoms. The molecule has 0 atom stereocenters. The van der Waals surface area contributed by atoms with Crippen molar-refractivity contribution in [2.24, 2.45) is 0 Å². The SMILES string of the molecule is CCN(CC(=O)Nc1ccccc1C(F)(F)F)C(=O)CCn1cncn1. The molecule has 0 saturated heterocycles. The molecule has 10 heteroatoms. The Balaban J connectivity index is 1.96. The van der Waals surface area contributed by atoms with Gasteiger partial charge in [0.25, 0.3) is 0 Å². The van der Waals surface area contributed by atoms with Gasteiger partial charge in [0.15, 0.2) is 0 Å². The molecule has 2 rings (SSSR count). The quantitative estimate of drug-likeness (QED) is 0.811. The highest BCUT2D eigenvalue weighted by molar-refractivity contribution is 5.95. The van der Waals surface area contributed by atoms with Gasteiger partial charge in [0, 0.05) is 13.0 Å². The number of nitrogens with zero attached hydrogens (tertiary/aromatic N) is 4. The van der Waals surface area contributed by atoms with Gasteiger partial charge in [-0.2, -0.15) is 18.3 Å². The fraction of sp³-hybridized carbons (Fsp3) is 0.375. The zero-order chi connectivity index (χ0) is 19.2. The van der Waals surface area contributed by atoms with Gasteiger partial charge >= 0.3 is 6.18 Å². The predicted molar refractivity (Wildman–Crippen MR) is 87.0 cm³/mol. The lowest BCUT2D eigenvalue weighted by atomic mass is 10.1. The zero-order valence-electron chi connectivity index (χ0n) is 14.0. The van der Waals surface area contributed by atoms with Crippen molar-refractivity contribution in [3.05, 3.63) is 42.5 Å². The summed E-state index contributed by atoms with van der Waals surface area (Å²) in [4.78, 5) is 29.3. The summed E-state index contributed by atoms with van der Waals surface area (Å²) in [5.74, 6) is -1.00. The van der Waals surface area contributed by atoms with Gasteiger partial charge in [0.1, 0.15) is 12.7 Å². The molecule has 0 aliphatic rings. The number of para-hydroxylation sites is 1. The fourth-order valence-corrected chi connectivity index (χ4v) is 2.30. The first-order valence-electron chi connectivity index (χ1n) is 7.87. The summed E-state index contributed by atoms with van der Waals surface area (Å²) in [7, 11) is 0. The second kappa shape index (κ2) is 8.45. The van der Waals surface area contributed by atoms with Crippen molar-refractivity contribution in [1.29, 1.82) is 0 Å².